The van der Waals surface area contributed by atoms with Crippen LogP contribution in [0.5, 0.6) is 0 Å². The van der Waals surface area contributed by atoms with Gasteiger partial charge in [-0.15, -0.1) is 6.58 Å². The van der Waals surface area contributed by atoms with E-state index in [4.69, 9.17) is 11.6 Å². The van der Waals surface area contributed by atoms with Crippen molar-refractivity contribution in [2.24, 2.45) is 5.92 Å². The Bertz CT molecular complexity index is 381. The molecule has 0 saturated carbocycles. The van der Waals surface area contributed by atoms with Crippen molar-refractivity contribution in [2.45, 2.75) is 26.2 Å². The highest BCUT2D eigenvalue weighted by Gasteiger charge is 2.02. The summed E-state index contributed by atoms with van der Waals surface area (Å²) in [5, 5.41) is 4.22. The Kier molecular flexibility index (Phi) is 8.28. The Morgan fingerprint density at radius 1 is 1.32 bits per heavy atom. The van der Waals surface area contributed by atoms with Gasteiger partial charge in [0, 0.05) is 11.6 Å². The van der Waals surface area contributed by atoms with Crippen LogP contribution in [0.3, 0.4) is 0 Å². The second-order valence-corrected chi connectivity index (χ2v) is 5.18. The molecule has 0 radical (unpaired) electrons. The molecule has 0 saturated heterocycles. The second-order valence-electron chi connectivity index (χ2n) is 4.75. The topological polar surface area (TPSA) is 12.0 Å². The molecule has 19 heavy (non-hydrogen) atoms. The van der Waals surface area contributed by atoms with Crippen LogP contribution in [-0.4, -0.2) is 13.1 Å². The van der Waals surface area contributed by atoms with Crippen LogP contribution in [0.15, 0.2) is 43.0 Å². The summed E-state index contributed by atoms with van der Waals surface area (Å²) in [7, 11) is 0. The Labute approximate surface area is 122 Å². The summed E-state index contributed by atoms with van der Waals surface area (Å²) in [6.45, 7) is 8.03. The average Bonchev–Trinajstić information content (AvgIpc) is 2.43. The van der Waals surface area contributed by atoms with Gasteiger partial charge in [-0.1, -0.05) is 55.3 Å². The fraction of sp³-hybridized carbons (Fsp3) is 0.412. The maximum Gasteiger partial charge on any atom is 0.0406 e. The quantitative estimate of drug-likeness (QED) is 0.498. The maximum absolute atomic E-state index is 5.84. The molecule has 0 aliphatic carbocycles. The summed E-state index contributed by atoms with van der Waals surface area (Å²) in [5.74, 6) is 0.769. The molecule has 0 aliphatic heterocycles. The van der Waals surface area contributed by atoms with Crippen molar-refractivity contribution in [1.82, 2.24) is 5.32 Å². The van der Waals surface area contributed by atoms with Gasteiger partial charge in [0.2, 0.25) is 0 Å². The first-order valence-corrected chi connectivity index (χ1v) is 7.37. The summed E-state index contributed by atoms with van der Waals surface area (Å²) in [6, 6.07) is 7.87. The third kappa shape index (κ3) is 7.19. The standard InChI is InChI=1S/C17H24ClN/c1-3-6-15(4-2)12-14-19-13-5-7-16-8-10-17(18)11-9-16/h3,5,7-11,15,19H,1,4,6,12-14H2,2H3/b7-5+. The Morgan fingerprint density at radius 3 is 2.68 bits per heavy atom. The third-order valence-electron chi connectivity index (χ3n) is 3.25. The van der Waals surface area contributed by atoms with Crippen LogP contribution >= 0.6 is 11.6 Å². The molecule has 0 aliphatic rings. The number of rotatable bonds is 9. The van der Waals surface area contributed by atoms with Gasteiger partial charge < -0.3 is 5.32 Å². The van der Waals surface area contributed by atoms with Crippen molar-refractivity contribution in [3.8, 4) is 0 Å². The molecule has 1 aromatic carbocycles. The molecule has 1 rings (SSSR count). The molecule has 0 fully saturated rings. The monoisotopic (exact) mass is 277 g/mol. The second kappa shape index (κ2) is 9.82. The van der Waals surface area contributed by atoms with E-state index in [1.54, 1.807) is 0 Å². The van der Waals surface area contributed by atoms with E-state index >= 15 is 0 Å². The lowest BCUT2D eigenvalue weighted by atomic mass is 9.99. The fourth-order valence-electron chi connectivity index (χ4n) is 1.98. The van der Waals surface area contributed by atoms with Crippen molar-refractivity contribution in [1.29, 1.82) is 0 Å². The zero-order valence-corrected chi connectivity index (χ0v) is 12.5. The maximum atomic E-state index is 5.84. The lowest BCUT2D eigenvalue weighted by Gasteiger charge is -2.11. The molecular weight excluding hydrogens is 254 g/mol. The van der Waals surface area contributed by atoms with E-state index in [0.717, 1.165) is 30.5 Å². The number of hydrogen-bond acceptors (Lipinski definition) is 1. The SMILES string of the molecule is C=CCC(CC)CCNC/C=C/c1ccc(Cl)cc1. The predicted molar refractivity (Wildman–Crippen MR) is 86.6 cm³/mol. The lowest BCUT2D eigenvalue weighted by Crippen LogP contribution is -2.17. The van der Waals surface area contributed by atoms with Crippen molar-refractivity contribution in [3.63, 3.8) is 0 Å². The highest BCUT2D eigenvalue weighted by Crippen LogP contribution is 2.12. The van der Waals surface area contributed by atoms with E-state index in [9.17, 15) is 0 Å². The lowest BCUT2D eigenvalue weighted by molar-refractivity contribution is 0.462. The van der Waals surface area contributed by atoms with Gasteiger partial charge in [0.05, 0.1) is 0 Å². The normalized spacial score (nSPS) is 12.7. The average molecular weight is 278 g/mol. The molecule has 2 heteroatoms. The molecule has 104 valence electrons. The molecule has 1 unspecified atom stereocenters. The van der Waals surface area contributed by atoms with Crippen LogP contribution in [-0.2, 0) is 0 Å². The van der Waals surface area contributed by atoms with Gasteiger partial charge in [-0.2, -0.15) is 0 Å². The molecule has 0 aromatic heterocycles. The molecule has 0 bridgehead atoms. The van der Waals surface area contributed by atoms with E-state index in [1.807, 2.05) is 30.3 Å². The molecule has 1 N–H and O–H groups in total. The van der Waals surface area contributed by atoms with E-state index in [0.29, 0.717) is 0 Å². The minimum atomic E-state index is 0.769. The summed E-state index contributed by atoms with van der Waals surface area (Å²) in [6.07, 6.45) is 9.86. The first-order valence-electron chi connectivity index (χ1n) is 7.00. The van der Waals surface area contributed by atoms with E-state index in [1.165, 1.54) is 18.4 Å². The fourth-order valence-corrected chi connectivity index (χ4v) is 2.11. The molecule has 0 amide bonds. The van der Waals surface area contributed by atoms with Gasteiger partial charge in [0.25, 0.3) is 0 Å². The molecule has 0 spiro atoms. The molecule has 0 heterocycles. The first-order chi connectivity index (χ1) is 9.26. The van der Waals surface area contributed by atoms with Crippen LogP contribution in [0.4, 0.5) is 0 Å². The van der Waals surface area contributed by atoms with Gasteiger partial charge in [0.1, 0.15) is 0 Å². The number of benzene rings is 1. The smallest absolute Gasteiger partial charge is 0.0406 e. The van der Waals surface area contributed by atoms with E-state index < -0.39 is 0 Å². The predicted octanol–water partition coefficient (Wildman–Crippen LogP) is 4.94. The zero-order chi connectivity index (χ0) is 13.9. The van der Waals surface area contributed by atoms with Crippen molar-refractivity contribution in [2.75, 3.05) is 13.1 Å². The number of halogens is 1. The third-order valence-corrected chi connectivity index (χ3v) is 3.50. The highest BCUT2D eigenvalue weighted by atomic mass is 35.5. The Hall–Kier alpha value is -1.05. The minimum Gasteiger partial charge on any atom is -0.313 e. The van der Waals surface area contributed by atoms with Crippen molar-refractivity contribution < 1.29 is 0 Å². The first kappa shape index (κ1) is 16.0. The van der Waals surface area contributed by atoms with Gasteiger partial charge in [-0.05, 0) is 43.0 Å². The van der Waals surface area contributed by atoms with Crippen LogP contribution < -0.4 is 5.32 Å². The van der Waals surface area contributed by atoms with Crippen molar-refractivity contribution >= 4 is 17.7 Å². The molecular formula is C17H24ClN. The van der Waals surface area contributed by atoms with Crippen LogP contribution in [0.25, 0.3) is 6.08 Å². The molecule has 1 atom stereocenters. The summed E-state index contributed by atoms with van der Waals surface area (Å²) in [5.41, 5.74) is 1.18. The van der Waals surface area contributed by atoms with E-state index in [-0.39, 0.29) is 0 Å². The Morgan fingerprint density at radius 2 is 2.05 bits per heavy atom. The number of nitrogens with one attached hydrogen (secondary N) is 1. The van der Waals surface area contributed by atoms with Gasteiger partial charge in [0.15, 0.2) is 0 Å². The minimum absolute atomic E-state index is 0.769. The largest absolute Gasteiger partial charge is 0.313 e. The molecule has 1 aromatic rings. The summed E-state index contributed by atoms with van der Waals surface area (Å²) in [4.78, 5) is 0. The van der Waals surface area contributed by atoms with Crippen LogP contribution in [0.2, 0.25) is 5.02 Å². The summed E-state index contributed by atoms with van der Waals surface area (Å²) >= 11 is 5.84. The van der Waals surface area contributed by atoms with Crippen LogP contribution in [0, 0.1) is 5.92 Å². The van der Waals surface area contributed by atoms with Gasteiger partial charge >= 0.3 is 0 Å². The number of hydrogen-bond donors (Lipinski definition) is 1. The van der Waals surface area contributed by atoms with Gasteiger partial charge in [-0.3, -0.25) is 0 Å². The summed E-state index contributed by atoms with van der Waals surface area (Å²) < 4.78 is 0. The number of allylic oxidation sites excluding steroid dienone is 1. The molecule has 1 nitrogen and oxygen atoms in total. The van der Waals surface area contributed by atoms with E-state index in [2.05, 4.69) is 31.0 Å². The highest BCUT2D eigenvalue weighted by molar-refractivity contribution is 6.30. The zero-order valence-electron chi connectivity index (χ0n) is 11.7. The van der Waals surface area contributed by atoms with Gasteiger partial charge in [-0.25, -0.2) is 0 Å². The van der Waals surface area contributed by atoms with Crippen LogP contribution in [0.1, 0.15) is 31.7 Å². The van der Waals surface area contributed by atoms with Crippen molar-refractivity contribution in [3.05, 3.63) is 53.6 Å². The Balaban J connectivity index is 2.16.